The van der Waals surface area contributed by atoms with E-state index >= 15 is 0 Å². The van der Waals surface area contributed by atoms with Crippen LogP contribution in [0.2, 0.25) is 5.02 Å². The van der Waals surface area contributed by atoms with Gasteiger partial charge in [-0.3, -0.25) is 33.9 Å². The number of aliphatic imine (C=N–C) groups is 1. The molecule has 6 aliphatic heterocycles. The molecule has 0 radical (unpaired) electrons. The number of phenols is 1. The fourth-order valence-electron chi connectivity index (χ4n) is 10.5. The van der Waals surface area contributed by atoms with E-state index in [1.54, 1.807) is 68.4 Å². The molecule has 9 rings (SSSR count). The number of pyridine rings is 1. The Bertz CT molecular complexity index is 2680. The highest BCUT2D eigenvalue weighted by Crippen LogP contribution is 2.50. The highest BCUT2D eigenvalue weighted by molar-refractivity contribution is 6.34. The van der Waals surface area contributed by atoms with Gasteiger partial charge in [0.25, 0.3) is 11.7 Å². The number of aromatic hydroxyl groups is 1. The number of ketones is 2. The number of nitrogens with one attached hydrogen (secondary N) is 3. The van der Waals surface area contributed by atoms with Crippen molar-refractivity contribution < 1.29 is 53.5 Å². The second-order valence-electron chi connectivity index (χ2n) is 20.9. The van der Waals surface area contributed by atoms with Crippen molar-refractivity contribution in [3.63, 3.8) is 0 Å². The third-order valence-electron chi connectivity index (χ3n) is 14.9. The van der Waals surface area contributed by atoms with Crippen LogP contribution in [0.25, 0.3) is 0 Å². The number of anilines is 1. The number of ether oxygens (including phenoxy) is 3. The summed E-state index contributed by atoms with van der Waals surface area (Å²) in [4.78, 5) is 83.6. The zero-order valence-electron chi connectivity index (χ0n) is 42.6. The van der Waals surface area contributed by atoms with Gasteiger partial charge < -0.3 is 55.3 Å². The topological polar surface area (TPSA) is 242 Å². The van der Waals surface area contributed by atoms with Crippen molar-refractivity contribution >= 4 is 52.4 Å². The van der Waals surface area contributed by atoms with E-state index in [1.807, 2.05) is 0 Å². The van der Waals surface area contributed by atoms with Crippen LogP contribution >= 0.6 is 11.6 Å². The second kappa shape index (κ2) is 21.8. The van der Waals surface area contributed by atoms with Gasteiger partial charge in [0.2, 0.25) is 11.7 Å². The number of amides is 2. The lowest BCUT2D eigenvalue weighted by atomic mass is 9.82. The summed E-state index contributed by atoms with van der Waals surface area (Å²) in [6, 6.07) is 1.86. The Morgan fingerprint density at radius 1 is 1.03 bits per heavy atom. The lowest BCUT2D eigenvalue weighted by Crippen LogP contribution is -2.50. The lowest BCUT2D eigenvalue weighted by Gasteiger charge is -2.38. The number of nitrogens with zero attached hydrogens (tertiary/aromatic N) is 4. The molecule has 0 saturated carbocycles. The first-order valence-electron chi connectivity index (χ1n) is 25.4. The molecule has 1 aromatic carbocycles. The molecule has 5 bridgehead atoms. The Morgan fingerprint density at radius 2 is 1.75 bits per heavy atom. The molecule has 6 atom stereocenters. The molecule has 7 aliphatic rings. The number of benzene rings is 1. The van der Waals surface area contributed by atoms with E-state index < -0.39 is 77.2 Å². The first kappa shape index (κ1) is 53.2. The van der Waals surface area contributed by atoms with Crippen LogP contribution in [-0.4, -0.2) is 134 Å². The highest BCUT2D eigenvalue weighted by atomic mass is 35.5. The first-order chi connectivity index (χ1) is 34.7. The first-order valence-corrected chi connectivity index (χ1v) is 25.8. The predicted octanol–water partition coefficient (Wildman–Crippen LogP) is 6.02. The number of likely N-dealkylation sites (tertiary alicyclic amines) is 2. The number of esters is 1. The van der Waals surface area contributed by atoms with Crippen LogP contribution in [-0.2, 0) is 23.9 Å². The molecule has 1 unspecified atom stereocenters. The summed E-state index contributed by atoms with van der Waals surface area (Å²) in [6.07, 6.45) is 10.1. The predicted molar refractivity (Wildman–Crippen MR) is 273 cm³/mol. The summed E-state index contributed by atoms with van der Waals surface area (Å²) in [6.45, 7) is 15.5. The van der Waals surface area contributed by atoms with Crippen LogP contribution in [0.1, 0.15) is 125 Å². The molecular weight excluding hydrogens is 958 g/mol. The third kappa shape index (κ3) is 11.2. The zero-order valence-corrected chi connectivity index (χ0v) is 43.4. The number of fused-ring (bicyclic) bond motifs is 13. The maximum Gasteiger partial charge on any atom is 0.315 e. The van der Waals surface area contributed by atoms with Crippen LogP contribution < -0.4 is 20.7 Å². The number of halogens is 1. The summed E-state index contributed by atoms with van der Waals surface area (Å²) < 4.78 is 18.2. The number of aromatic nitrogens is 1. The van der Waals surface area contributed by atoms with Gasteiger partial charge in [-0.15, -0.1) is 0 Å². The third-order valence-corrected chi connectivity index (χ3v) is 15.2. The maximum atomic E-state index is 14.8. The number of phenolic OH excluding ortho intramolecular Hbond substituents is 1. The molecule has 1 aliphatic carbocycles. The van der Waals surface area contributed by atoms with E-state index in [-0.39, 0.29) is 81.9 Å². The minimum atomic E-state index is -1.95. The quantitative estimate of drug-likeness (QED) is 0.137. The van der Waals surface area contributed by atoms with Crippen molar-refractivity contribution in [3.8, 4) is 11.5 Å². The van der Waals surface area contributed by atoms with Gasteiger partial charge in [0.15, 0.2) is 0 Å². The van der Waals surface area contributed by atoms with Gasteiger partial charge in [0.05, 0.1) is 51.7 Å². The zero-order chi connectivity index (χ0) is 52.5. The van der Waals surface area contributed by atoms with Gasteiger partial charge in [-0.25, -0.2) is 0 Å². The number of aliphatic hydroxyl groups excluding tert-OH is 2. The molecular formula is C54H68ClN7O11. The maximum absolute atomic E-state index is 14.8. The highest BCUT2D eigenvalue weighted by Gasteiger charge is 2.54. The van der Waals surface area contributed by atoms with Crippen LogP contribution in [0.15, 0.2) is 71.0 Å². The Balaban J connectivity index is 1.05. The number of rotatable bonds is 7. The number of allylic oxidation sites excluding steroid dienone is 5. The van der Waals surface area contributed by atoms with Gasteiger partial charge in [-0.2, -0.15) is 0 Å². The summed E-state index contributed by atoms with van der Waals surface area (Å²) >= 11 is 6.28. The fourth-order valence-corrected chi connectivity index (χ4v) is 10.7. The van der Waals surface area contributed by atoms with E-state index in [0.717, 1.165) is 12.2 Å². The van der Waals surface area contributed by atoms with E-state index in [4.69, 9.17) is 30.8 Å². The van der Waals surface area contributed by atoms with Gasteiger partial charge in [0.1, 0.15) is 35.4 Å². The normalized spacial score (nSPS) is 28.6. The van der Waals surface area contributed by atoms with Crippen LogP contribution in [0.5, 0.6) is 11.5 Å². The molecule has 73 heavy (non-hydrogen) atoms. The van der Waals surface area contributed by atoms with Gasteiger partial charge in [-0.05, 0) is 57.6 Å². The number of piperidine rings is 2. The van der Waals surface area contributed by atoms with Crippen LogP contribution in [0, 0.1) is 24.7 Å². The second-order valence-corrected chi connectivity index (χ2v) is 21.3. The Morgan fingerprint density at radius 3 is 2.45 bits per heavy atom. The summed E-state index contributed by atoms with van der Waals surface area (Å²) in [7, 11) is 0. The van der Waals surface area contributed by atoms with E-state index in [9.17, 15) is 39.3 Å². The number of hydrogen-bond acceptors (Lipinski definition) is 16. The summed E-state index contributed by atoms with van der Waals surface area (Å²) in [5, 5.41) is 45.0. The van der Waals surface area contributed by atoms with Crippen molar-refractivity contribution in [1.29, 1.82) is 0 Å². The molecule has 2 amide bonds. The van der Waals surface area contributed by atoms with E-state index in [0.29, 0.717) is 62.8 Å². The lowest BCUT2D eigenvalue weighted by molar-refractivity contribution is -0.155. The van der Waals surface area contributed by atoms with Crippen LogP contribution in [0.4, 0.5) is 5.69 Å². The van der Waals surface area contributed by atoms with Crippen molar-refractivity contribution in [2.45, 2.75) is 136 Å². The Kier molecular flexibility index (Phi) is 15.9. The molecule has 2 fully saturated rings. The van der Waals surface area contributed by atoms with Crippen molar-refractivity contribution in [3.05, 3.63) is 93.3 Å². The van der Waals surface area contributed by atoms with Crippen molar-refractivity contribution in [1.82, 2.24) is 25.4 Å². The number of aliphatic hydroxyl groups is 2. The molecule has 2 aromatic rings. The number of carbonyl (C=O) groups excluding carboxylic acids is 5. The average Bonchev–Trinajstić information content (AvgIpc) is 3.85. The van der Waals surface area contributed by atoms with Crippen molar-refractivity contribution in [2.24, 2.45) is 22.7 Å². The smallest absolute Gasteiger partial charge is 0.315 e. The molecule has 1 aromatic heterocycles. The monoisotopic (exact) mass is 1030 g/mol. The molecule has 18 nitrogen and oxygen atoms in total. The minimum Gasteiger partial charge on any atom is -0.507 e. The van der Waals surface area contributed by atoms with Crippen LogP contribution in [0.3, 0.4) is 0 Å². The number of Topliss-reactive ketones (excluding diaryl/α,β-unsaturated/α-hetero) is 2. The SMILES string of the molecule is C/C1=C/C=C/[C@H](C)[C@H](O)[C@@H](C)C(O)C[C@H](OC(=O)CC(=O)N2CCC(Nc3ccncc3Cl)CC2)CC/C=C/O[C@@]2(C)Oc3c(C)c(O)c4c(c3C2=O)C2=NC3(CCN(CC(C)C)CC3)NC2=C(NC1=O)C4=O. The van der Waals surface area contributed by atoms with Gasteiger partial charge in [0, 0.05) is 106 Å². The van der Waals surface area contributed by atoms with E-state index in [2.05, 4.69) is 39.7 Å². The standard InChI is InChI=1S/C54H68ClN7O11/c1-29(2)28-61-22-17-54(18-23-61)59-44-41-42-48(67)33(6)50-43(41)51(69)53(7,73-50)71-24-9-8-13-35(72-40(65)26-39(64)62-20-15-34(16-21-62)57-37-14-19-56-27-36(37)55)25-38(63)32(5)47(66)30(3)11-10-12-31(4)52(70)58-46(49(42)68)45(44)60-54/h9-12,14,19,24,27,29-30,32,34-35,38,47,60,63,66-67H,8,13,15-18,20-23,25-26,28H2,1-7H3,(H,56,57)(H,58,70)/b11-10+,24-9+,31-12-/t30-,32-,35+,38?,47-,53-/m0/s1. The molecule has 19 heteroatoms. The minimum absolute atomic E-state index is 0.0137. The molecule has 7 heterocycles. The number of hydrogen-bond donors (Lipinski definition) is 6. The Labute approximate surface area is 431 Å². The molecule has 392 valence electrons. The van der Waals surface area contributed by atoms with Gasteiger partial charge in [-0.1, -0.05) is 57.5 Å². The average molecular weight is 1030 g/mol. The van der Waals surface area contributed by atoms with Crippen molar-refractivity contribution in [2.75, 3.05) is 38.0 Å². The fraction of sp³-hybridized carbons (Fsp3) is 0.537. The van der Waals surface area contributed by atoms with Gasteiger partial charge >= 0.3 is 11.8 Å². The largest absolute Gasteiger partial charge is 0.507 e. The summed E-state index contributed by atoms with van der Waals surface area (Å²) in [5.74, 6) is -6.22. The molecule has 1 spiro atoms. The Hall–Kier alpha value is -6.08. The van der Waals surface area contributed by atoms with E-state index in [1.165, 1.54) is 20.1 Å². The number of carbonyl (C=O) groups is 5. The summed E-state index contributed by atoms with van der Waals surface area (Å²) in [5.41, 5.74) is 0.494. The molecule has 2 saturated heterocycles. The molecule has 6 N–H and O–H groups in total.